The van der Waals surface area contributed by atoms with Crippen molar-refractivity contribution in [3.8, 4) is 12.1 Å². The molecule has 2 aromatic rings. The molecular formula is C13H8N2S2. The van der Waals surface area contributed by atoms with Gasteiger partial charge in [0, 0.05) is 19.2 Å². The first kappa shape index (κ1) is 11.6. The fourth-order valence-corrected chi connectivity index (χ4v) is 3.75. The molecule has 0 aromatic carbocycles. The summed E-state index contributed by atoms with van der Waals surface area (Å²) in [6, 6.07) is 7.88. The summed E-state index contributed by atoms with van der Waals surface area (Å²) in [4.78, 5) is 2.18. The Kier molecular flexibility index (Phi) is 3.39. The van der Waals surface area contributed by atoms with E-state index >= 15 is 0 Å². The molecule has 0 saturated carbocycles. The fraction of sp³-hybridized carbons (Fsp3) is 0.0769. The maximum absolute atomic E-state index is 8.68. The average molecular weight is 256 g/mol. The summed E-state index contributed by atoms with van der Waals surface area (Å²) in [6.45, 7) is 1.99. The van der Waals surface area contributed by atoms with Crippen molar-refractivity contribution in [1.82, 2.24) is 0 Å². The molecule has 0 aliphatic rings. The van der Waals surface area contributed by atoms with Gasteiger partial charge in [0.1, 0.15) is 17.7 Å². The minimum absolute atomic E-state index is 0.146. The molecule has 2 aromatic heterocycles. The summed E-state index contributed by atoms with van der Waals surface area (Å²) >= 11 is 3.31. The van der Waals surface area contributed by atoms with E-state index in [1.165, 1.54) is 14.3 Å². The van der Waals surface area contributed by atoms with Crippen molar-refractivity contribution in [2.24, 2.45) is 0 Å². The van der Waals surface area contributed by atoms with Gasteiger partial charge >= 0.3 is 0 Å². The average Bonchev–Trinajstić information content (AvgIpc) is 2.83. The van der Waals surface area contributed by atoms with Gasteiger partial charge in [-0.1, -0.05) is 6.08 Å². The van der Waals surface area contributed by atoms with Crippen LogP contribution in [0.4, 0.5) is 0 Å². The molecule has 0 saturated heterocycles. The zero-order valence-corrected chi connectivity index (χ0v) is 10.7. The van der Waals surface area contributed by atoms with Crippen LogP contribution < -0.4 is 0 Å². The molecule has 0 bridgehead atoms. The Morgan fingerprint density at radius 2 is 1.71 bits per heavy atom. The third-order valence-corrected chi connectivity index (χ3v) is 4.31. The summed E-state index contributed by atoms with van der Waals surface area (Å²) < 4.78 is 2.40. The second-order valence-corrected chi connectivity index (χ2v) is 5.54. The number of fused-ring (bicyclic) bond motifs is 1. The SMILES string of the molecule is C/C=C/c1cc2sc(C=C(C#N)C#N)cc2s1. The van der Waals surface area contributed by atoms with E-state index in [1.807, 2.05) is 31.2 Å². The van der Waals surface area contributed by atoms with Gasteiger partial charge in [0.2, 0.25) is 0 Å². The van der Waals surface area contributed by atoms with Crippen molar-refractivity contribution in [2.45, 2.75) is 6.92 Å². The highest BCUT2D eigenvalue weighted by molar-refractivity contribution is 7.28. The standard InChI is InChI=1S/C13H8N2S2/c1-2-3-10-5-12-13(16-10)6-11(17-12)4-9(7-14)8-15/h2-6H,1H3/b3-2+. The lowest BCUT2D eigenvalue weighted by molar-refractivity contribution is 1.47. The van der Waals surface area contributed by atoms with Crippen molar-refractivity contribution >= 4 is 44.2 Å². The Bertz CT molecular complexity index is 640. The van der Waals surface area contributed by atoms with Crippen molar-refractivity contribution < 1.29 is 0 Å². The lowest BCUT2D eigenvalue weighted by Crippen LogP contribution is -1.69. The summed E-state index contributed by atoms with van der Waals surface area (Å²) in [5.74, 6) is 0. The van der Waals surface area contributed by atoms with Crippen molar-refractivity contribution in [3.05, 3.63) is 33.5 Å². The minimum Gasteiger partial charge on any atom is -0.192 e. The van der Waals surface area contributed by atoms with E-state index in [4.69, 9.17) is 10.5 Å². The van der Waals surface area contributed by atoms with E-state index in [1.54, 1.807) is 28.7 Å². The molecule has 2 heterocycles. The number of hydrogen-bond acceptors (Lipinski definition) is 4. The van der Waals surface area contributed by atoms with Crippen LogP contribution >= 0.6 is 22.7 Å². The molecular weight excluding hydrogens is 248 g/mol. The van der Waals surface area contributed by atoms with E-state index in [0.29, 0.717) is 0 Å². The number of rotatable bonds is 2. The van der Waals surface area contributed by atoms with Gasteiger partial charge in [-0.3, -0.25) is 0 Å². The lowest BCUT2D eigenvalue weighted by atomic mass is 10.3. The molecule has 0 atom stereocenters. The number of hydrogen-bond donors (Lipinski definition) is 0. The molecule has 2 rings (SSSR count). The molecule has 0 aliphatic heterocycles. The van der Waals surface area contributed by atoms with Crippen molar-refractivity contribution in [1.29, 1.82) is 10.5 Å². The van der Waals surface area contributed by atoms with Gasteiger partial charge in [-0.25, -0.2) is 0 Å². The van der Waals surface area contributed by atoms with Gasteiger partial charge < -0.3 is 0 Å². The molecule has 4 heteroatoms. The monoisotopic (exact) mass is 256 g/mol. The zero-order valence-electron chi connectivity index (χ0n) is 9.10. The summed E-state index contributed by atoms with van der Waals surface area (Å²) in [7, 11) is 0. The summed E-state index contributed by atoms with van der Waals surface area (Å²) in [5, 5.41) is 17.4. The van der Waals surface area contributed by atoms with Crippen molar-refractivity contribution in [3.63, 3.8) is 0 Å². The van der Waals surface area contributed by atoms with Crippen molar-refractivity contribution in [2.75, 3.05) is 0 Å². The molecule has 0 radical (unpaired) electrons. The van der Waals surface area contributed by atoms with Crippen LogP contribution in [0.5, 0.6) is 0 Å². The second kappa shape index (κ2) is 4.97. The molecule has 82 valence electrons. The highest BCUT2D eigenvalue weighted by Crippen LogP contribution is 2.34. The Morgan fingerprint density at radius 1 is 1.12 bits per heavy atom. The van der Waals surface area contributed by atoms with Crippen LogP contribution in [0.1, 0.15) is 16.7 Å². The Hall–Kier alpha value is -1.88. The predicted molar refractivity (Wildman–Crippen MR) is 73.6 cm³/mol. The van der Waals surface area contributed by atoms with E-state index in [2.05, 4.69) is 12.1 Å². The Labute approximate surface area is 107 Å². The van der Waals surface area contributed by atoms with E-state index in [-0.39, 0.29) is 5.57 Å². The first-order chi connectivity index (χ1) is 8.26. The maximum atomic E-state index is 8.68. The van der Waals surface area contributed by atoms with Gasteiger partial charge in [0.25, 0.3) is 0 Å². The van der Waals surface area contributed by atoms with E-state index in [9.17, 15) is 0 Å². The van der Waals surface area contributed by atoms with Crippen LogP contribution in [-0.4, -0.2) is 0 Å². The number of thiophene rings is 2. The van der Waals surface area contributed by atoms with Crippen LogP contribution in [0, 0.1) is 22.7 Å². The zero-order chi connectivity index (χ0) is 12.3. The molecule has 17 heavy (non-hydrogen) atoms. The van der Waals surface area contributed by atoms with Gasteiger partial charge in [-0.05, 0) is 31.2 Å². The molecule has 0 N–H and O–H groups in total. The lowest BCUT2D eigenvalue weighted by Gasteiger charge is -1.83. The fourth-order valence-electron chi connectivity index (χ4n) is 1.42. The van der Waals surface area contributed by atoms with Crippen LogP contribution in [0.25, 0.3) is 21.6 Å². The first-order valence-electron chi connectivity index (χ1n) is 4.95. The molecule has 0 fully saturated rings. The van der Waals surface area contributed by atoms with Gasteiger partial charge in [0.15, 0.2) is 0 Å². The smallest absolute Gasteiger partial charge is 0.131 e. The first-order valence-corrected chi connectivity index (χ1v) is 6.58. The topological polar surface area (TPSA) is 47.6 Å². The van der Waals surface area contributed by atoms with Gasteiger partial charge in [0.05, 0.1) is 0 Å². The second-order valence-electron chi connectivity index (χ2n) is 3.31. The Balaban J connectivity index is 2.41. The number of nitrogens with zero attached hydrogens (tertiary/aromatic N) is 2. The van der Waals surface area contributed by atoms with Crippen LogP contribution in [0.2, 0.25) is 0 Å². The maximum Gasteiger partial charge on any atom is 0.131 e. The molecule has 2 nitrogen and oxygen atoms in total. The molecule has 0 unspecified atom stereocenters. The molecule has 0 amide bonds. The van der Waals surface area contributed by atoms with Crippen LogP contribution in [0.3, 0.4) is 0 Å². The van der Waals surface area contributed by atoms with Gasteiger partial charge in [-0.15, -0.1) is 22.7 Å². The largest absolute Gasteiger partial charge is 0.192 e. The van der Waals surface area contributed by atoms with Crippen LogP contribution in [0.15, 0.2) is 23.8 Å². The normalized spacial score (nSPS) is 10.3. The quantitative estimate of drug-likeness (QED) is 0.746. The van der Waals surface area contributed by atoms with Crippen LogP contribution in [-0.2, 0) is 0 Å². The Morgan fingerprint density at radius 3 is 2.29 bits per heavy atom. The summed E-state index contributed by atoms with van der Waals surface area (Å²) in [5.41, 5.74) is 0.146. The predicted octanol–water partition coefficient (Wildman–Crippen LogP) is 4.43. The number of nitriles is 2. The highest BCUT2D eigenvalue weighted by atomic mass is 32.1. The minimum atomic E-state index is 0.146. The third kappa shape index (κ3) is 2.45. The molecule has 0 aliphatic carbocycles. The third-order valence-electron chi connectivity index (χ3n) is 2.10. The van der Waals surface area contributed by atoms with E-state index in [0.717, 1.165) is 4.88 Å². The molecule has 0 spiro atoms. The highest BCUT2D eigenvalue weighted by Gasteiger charge is 2.05. The number of allylic oxidation sites excluding steroid dienone is 2. The van der Waals surface area contributed by atoms with E-state index < -0.39 is 0 Å². The van der Waals surface area contributed by atoms with Gasteiger partial charge in [-0.2, -0.15) is 10.5 Å². The summed E-state index contributed by atoms with van der Waals surface area (Å²) in [6.07, 6.45) is 5.72.